The molecule has 0 aliphatic carbocycles. The molecule has 0 aromatic heterocycles. The van der Waals surface area contributed by atoms with Crippen molar-refractivity contribution in [1.82, 2.24) is 0 Å². The molecule has 2 N–H and O–H groups in total. The number of rotatable bonds is 3. The number of benzene rings is 2. The molecule has 1 unspecified atom stereocenters. The summed E-state index contributed by atoms with van der Waals surface area (Å²) in [5.41, 5.74) is 8.19. The zero-order valence-corrected chi connectivity index (χ0v) is 13.2. The van der Waals surface area contributed by atoms with Crippen LogP contribution in [0.4, 0.5) is 0 Å². The Morgan fingerprint density at radius 3 is 2.11 bits per heavy atom. The Kier molecular flexibility index (Phi) is 4.90. The lowest BCUT2D eigenvalue weighted by atomic mass is 10.00. The average Bonchev–Trinajstić information content (AvgIpc) is 2.34. The van der Waals surface area contributed by atoms with Crippen LogP contribution in [0.15, 0.2) is 42.5 Å². The van der Waals surface area contributed by atoms with Crippen LogP contribution in [0.2, 0.25) is 10.0 Å². The largest absolute Gasteiger partial charge is 0.324 e. The van der Waals surface area contributed by atoms with Crippen LogP contribution in [-0.2, 0) is 6.42 Å². The van der Waals surface area contributed by atoms with E-state index in [9.17, 15) is 0 Å². The number of hydrogen-bond donors (Lipinski definition) is 1. The maximum absolute atomic E-state index is 6.20. The highest BCUT2D eigenvalue weighted by atomic mass is 127. The number of hydrogen-bond acceptors (Lipinski definition) is 1. The Balaban J connectivity index is 2.21. The van der Waals surface area contributed by atoms with Gasteiger partial charge < -0.3 is 5.73 Å². The van der Waals surface area contributed by atoms with Gasteiger partial charge in [0.1, 0.15) is 0 Å². The first kappa shape index (κ1) is 14.1. The first-order chi connectivity index (χ1) is 8.58. The number of nitrogens with two attached hydrogens (primary N) is 1. The van der Waals surface area contributed by atoms with Gasteiger partial charge in [-0.1, -0.05) is 41.4 Å². The maximum Gasteiger partial charge on any atom is 0.0453 e. The molecule has 2 aromatic carbocycles. The van der Waals surface area contributed by atoms with Crippen molar-refractivity contribution in [2.24, 2.45) is 5.73 Å². The Morgan fingerprint density at radius 1 is 1.00 bits per heavy atom. The fourth-order valence-electron chi connectivity index (χ4n) is 1.78. The molecule has 0 radical (unpaired) electrons. The van der Waals surface area contributed by atoms with Crippen LogP contribution in [-0.4, -0.2) is 0 Å². The molecular formula is C14H12Cl2IN. The molecule has 1 atom stereocenters. The van der Waals surface area contributed by atoms with Crippen molar-refractivity contribution in [3.8, 4) is 0 Å². The van der Waals surface area contributed by atoms with Gasteiger partial charge in [-0.05, 0) is 64.4 Å². The summed E-state index contributed by atoms with van der Waals surface area (Å²) >= 11 is 14.6. The Hall–Kier alpha value is -0.290. The van der Waals surface area contributed by atoms with Crippen molar-refractivity contribution in [3.05, 3.63) is 67.2 Å². The van der Waals surface area contributed by atoms with E-state index in [1.807, 2.05) is 42.5 Å². The van der Waals surface area contributed by atoms with Crippen molar-refractivity contribution >= 4 is 45.8 Å². The van der Waals surface area contributed by atoms with E-state index in [4.69, 9.17) is 28.9 Å². The molecule has 0 heterocycles. The Bertz CT molecular complexity index is 520. The second-order valence-corrected chi connectivity index (χ2v) is 6.12. The van der Waals surface area contributed by atoms with Gasteiger partial charge in [-0.2, -0.15) is 0 Å². The summed E-state index contributed by atoms with van der Waals surface area (Å²) < 4.78 is 1.19. The quantitative estimate of drug-likeness (QED) is 0.744. The summed E-state index contributed by atoms with van der Waals surface area (Å²) in [5.74, 6) is 0. The lowest BCUT2D eigenvalue weighted by molar-refractivity contribution is 0.722. The van der Waals surface area contributed by atoms with Gasteiger partial charge in [-0.15, -0.1) is 0 Å². The van der Waals surface area contributed by atoms with E-state index in [0.717, 1.165) is 11.1 Å². The van der Waals surface area contributed by atoms with E-state index in [1.54, 1.807) is 0 Å². The van der Waals surface area contributed by atoms with Gasteiger partial charge in [0.25, 0.3) is 0 Å². The molecule has 2 aromatic rings. The van der Waals surface area contributed by atoms with E-state index in [1.165, 1.54) is 3.57 Å². The minimum absolute atomic E-state index is 0.0978. The lowest BCUT2D eigenvalue weighted by Gasteiger charge is -2.14. The van der Waals surface area contributed by atoms with Crippen molar-refractivity contribution in [2.75, 3.05) is 0 Å². The Morgan fingerprint density at radius 2 is 1.56 bits per heavy atom. The van der Waals surface area contributed by atoms with Crippen LogP contribution in [0, 0.1) is 3.57 Å². The maximum atomic E-state index is 6.20. The zero-order chi connectivity index (χ0) is 13.1. The van der Waals surface area contributed by atoms with Gasteiger partial charge in [0, 0.05) is 19.7 Å². The lowest BCUT2D eigenvalue weighted by Crippen LogP contribution is -2.13. The second kappa shape index (κ2) is 6.24. The third-order valence-electron chi connectivity index (χ3n) is 2.78. The van der Waals surface area contributed by atoms with Crippen LogP contribution in [0.25, 0.3) is 0 Å². The monoisotopic (exact) mass is 391 g/mol. The number of halogens is 3. The normalized spacial score (nSPS) is 12.4. The third-order valence-corrected chi connectivity index (χ3v) is 4.21. The van der Waals surface area contributed by atoms with Crippen molar-refractivity contribution in [3.63, 3.8) is 0 Å². The fourth-order valence-corrected chi connectivity index (χ4v) is 2.69. The summed E-state index contributed by atoms with van der Waals surface area (Å²) in [5, 5.41) is 1.34. The molecule has 94 valence electrons. The van der Waals surface area contributed by atoms with Crippen LogP contribution < -0.4 is 5.73 Å². The van der Waals surface area contributed by atoms with Gasteiger partial charge in [0.15, 0.2) is 0 Å². The van der Waals surface area contributed by atoms with Crippen LogP contribution >= 0.6 is 45.8 Å². The van der Waals surface area contributed by atoms with Crippen LogP contribution in [0.3, 0.4) is 0 Å². The van der Waals surface area contributed by atoms with E-state index >= 15 is 0 Å². The molecule has 0 amide bonds. The van der Waals surface area contributed by atoms with E-state index < -0.39 is 0 Å². The molecule has 2 rings (SSSR count). The summed E-state index contributed by atoms with van der Waals surface area (Å²) in [6, 6.07) is 13.6. The van der Waals surface area contributed by atoms with Crippen molar-refractivity contribution < 1.29 is 0 Å². The molecule has 1 nitrogen and oxygen atoms in total. The molecule has 0 saturated heterocycles. The topological polar surface area (TPSA) is 26.0 Å². The summed E-state index contributed by atoms with van der Waals surface area (Å²) in [6.07, 6.45) is 0.638. The van der Waals surface area contributed by atoms with Crippen molar-refractivity contribution in [2.45, 2.75) is 12.5 Å². The van der Waals surface area contributed by atoms with Crippen molar-refractivity contribution in [1.29, 1.82) is 0 Å². The van der Waals surface area contributed by atoms with E-state index in [0.29, 0.717) is 16.5 Å². The minimum Gasteiger partial charge on any atom is -0.324 e. The molecule has 0 aliphatic heterocycles. The first-order valence-electron chi connectivity index (χ1n) is 5.52. The summed E-state index contributed by atoms with van der Waals surface area (Å²) in [4.78, 5) is 0. The predicted molar refractivity (Wildman–Crippen MR) is 86.3 cm³/mol. The summed E-state index contributed by atoms with van der Waals surface area (Å²) in [7, 11) is 0. The van der Waals surface area contributed by atoms with Gasteiger partial charge in [-0.25, -0.2) is 0 Å². The molecule has 18 heavy (non-hydrogen) atoms. The Labute approximate surface area is 130 Å². The molecule has 0 saturated carbocycles. The van der Waals surface area contributed by atoms with Gasteiger partial charge in [0.2, 0.25) is 0 Å². The molecular weight excluding hydrogens is 380 g/mol. The third kappa shape index (κ3) is 3.38. The smallest absolute Gasteiger partial charge is 0.0453 e. The zero-order valence-electron chi connectivity index (χ0n) is 9.54. The van der Waals surface area contributed by atoms with Gasteiger partial charge >= 0.3 is 0 Å². The highest BCUT2D eigenvalue weighted by molar-refractivity contribution is 14.1. The highest BCUT2D eigenvalue weighted by Crippen LogP contribution is 2.28. The fraction of sp³-hybridized carbons (Fsp3) is 0.143. The van der Waals surface area contributed by atoms with Crippen LogP contribution in [0.1, 0.15) is 17.2 Å². The molecule has 0 fully saturated rings. The minimum atomic E-state index is -0.0978. The van der Waals surface area contributed by atoms with E-state index in [-0.39, 0.29) is 6.04 Å². The summed E-state index contributed by atoms with van der Waals surface area (Å²) in [6.45, 7) is 0. The molecule has 0 bridgehead atoms. The van der Waals surface area contributed by atoms with Gasteiger partial charge in [-0.3, -0.25) is 0 Å². The highest BCUT2D eigenvalue weighted by Gasteiger charge is 2.12. The van der Waals surface area contributed by atoms with E-state index in [2.05, 4.69) is 22.6 Å². The average molecular weight is 392 g/mol. The molecule has 0 spiro atoms. The molecule has 4 heteroatoms. The standard InChI is InChI=1S/C14H12Cl2IN/c15-12-2-1-3-13(16)11(12)8-14(18)9-4-6-10(17)7-5-9/h1-7,14H,8,18H2. The SMILES string of the molecule is NC(Cc1c(Cl)cccc1Cl)c1ccc(I)cc1. The second-order valence-electron chi connectivity index (χ2n) is 4.06. The van der Waals surface area contributed by atoms with Crippen LogP contribution in [0.5, 0.6) is 0 Å². The van der Waals surface area contributed by atoms with Gasteiger partial charge in [0.05, 0.1) is 0 Å². The predicted octanol–water partition coefficient (Wildman–Crippen LogP) is 4.84. The first-order valence-corrected chi connectivity index (χ1v) is 7.35. The molecule has 0 aliphatic rings.